The maximum Gasteiger partial charge on any atom is 0.407 e. The van der Waals surface area contributed by atoms with E-state index in [-0.39, 0.29) is 31.0 Å². The molecule has 3 aliphatic rings. The van der Waals surface area contributed by atoms with Gasteiger partial charge in [-0.3, -0.25) is 4.84 Å². The molecule has 3 fully saturated rings. The van der Waals surface area contributed by atoms with E-state index in [1.54, 1.807) is 6.92 Å². The zero-order valence-corrected chi connectivity index (χ0v) is 14.5. The molecular weight excluding hydrogens is 332 g/mol. The number of fused-ring (bicyclic) bond motifs is 1. The Balaban J connectivity index is 1.31. The minimum atomic E-state index is -0.796. The van der Waals surface area contributed by atoms with Crippen molar-refractivity contribution >= 4 is 6.09 Å². The van der Waals surface area contributed by atoms with Crippen LogP contribution in [0.1, 0.15) is 26.2 Å². The van der Waals surface area contributed by atoms with E-state index < -0.39 is 18.2 Å². The standard InChI is InChI=1S/C16H28N2O7/c1-10(13(19)8-17-25-11-2-5-21-6-3-11)18-16(20)24-14-9-23-15-12(14)4-7-22-15/h10-15,17,19H,2-9H2,1H3,(H,18,20)/t10-,12-,13+,14-,15+/m0/s1. The van der Waals surface area contributed by atoms with Crippen molar-refractivity contribution in [3.05, 3.63) is 0 Å². The van der Waals surface area contributed by atoms with Gasteiger partial charge in [0.2, 0.25) is 0 Å². The number of carbonyl (C=O) groups is 1. The number of aliphatic hydroxyl groups is 1. The average molecular weight is 360 g/mol. The van der Waals surface area contributed by atoms with E-state index in [2.05, 4.69) is 10.8 Å². The van der Waals surface area contributed by atoms with Crippen LogP contribution in [0.3, 0.4) is 0 Å². The highest BCUT2D eigenvalue weighted by atomic mass is 16.7. The minimum Gasteiger partial charge on any atom is -0.443 e. The normalized spacial score (nSPS) is 32.2. The third-order valence-electron chi connectivity index (χ3n) is 4.88. The Bertz CT molecular complexity index is 433. The molecule has 3 heterocycles. The molecule has 9 nitrogen and oxygen atoms in total. The van der Waals surface area contributed by atoms with Crippen LogP contribution in [0.4, 0.5) is 4.79 Å². The van der Waals surface area contributed by atoms with Crippen molar-refractivity contribution in [3.8, 4) is 0 Å². The first kappa shape index (κ1) is 18.8. The van der Waals surface area contributed by atoms with Crippen LogP contribution in [0.2, 0.25) is 0 Å². The number of hydrogen-bond acceptors (Lipinski definition) is 8. The predicted molar refractivity (Wildman–Crippen MR) is 85.6 cm³/mol. The summed E-state index contributed by atoms with van der Waals surface area (Å²) in [5.74, 6) is 0.0977. The molecule has 1 amide bonds. The van der Waals surface area contributed by atoms with Crippen molar-refractivity contribution in [2.45, 2.75) is 56.8 Å². The number of nitrogens with one attached hydrogen (secondary N) is 2. The summed E-state index contributed by atoms with van der Waals surface area (Å²) in [5, 5.41) is 12.8. The summed E-state index contributed by atoms with van der Waals surface area (Å²) in [6.45, 7) is 4.29. The fourth-order valence-corrected chi connectivity index (χ4v) is 3.22. The summed E-state index contributed by atoms with van der Waals surface area (Å²) in [6.07, 6.45) is 0.677. The number of carbonyl (C=O) groups excluding carboxylic acids is 1. The topological polar surface area (TPSA) is 108 Å². The van der Waals surface area contributed by atoms with E-state index in [0.717, 1.165) is 19.3 Å². The van der Waals surface area contributed by atoms with Gasteiger partial charge in [0.15, 0.2) is 6.29 Å². The number of rotatable bonds is 7. The summed E-state index contributed by atoms with van der Waals surface area (Å²) < 4.78 is 21.5. The Morgan fingerprint density at radius 1 is 1.24 bits per heavy atom. The molecule has 0 spiro atoms. The quantitative estimate of drug-likeness (QED) is 0.542. The molecule has 0 aromatic heterocycles. The van der Waals surface area contributed by atoms with E-state index in [1.807, 2.05) is 0 Å². The second-order valence-corrected chi connectivity index (χ2v) is 6.75. The molecule has 0 aromatic rings. The molecule has 0 saturated carbocycles. The first-order chi connectivity index (χ1) is 12.1. The first-order valence-electron chi connectivity index (χ1n) is 8.98. The summed E-state index contributed by atoms with van der Waals surface area (Å²) in [6, 6.07) is -0.476. The Labute approximate surface area is 147 Å². The summed E-state index contributed by atoms with van der Waals surface area (Å²) >= 11 is 0. The van der Waals surface area contributed by atoms with Gasteiger partial charge < -0.3 is 29.4 Å². The third-order valence-corrected chi connectivity index (χ3v) is 4.88. The smallest absolute Gasteiger partial charge is 0.407 e. The van der Waals surface area contributed by atoms with Gasteiger partial charge in [-0.15, -0.1) is 0 Å². The van der Waals surface area contributed by atoms with Crippen LogP contribution in [-0.2, 0) is 23.8 Å². The maximum absolute atomic E-state index is 12.0. The van der Waals surface area contributed by atoms with Crippen LogP contribution in [0.5, 0.6) is 0 Å². The Kier molecular flexibility index (Phi) is 6.85. The zero-order chi connectivity index (χ0) is 17.6. The Morgan fingerprint density at radius 3 is 2.84 bits per heavy atom. The molecule has 0 radical (unpaired) electrons. The third kappa shape index (κ3) is 5.25. The second-order valence-electron chi connectivity index (χ2n) is 6.75. The lowest BCUT2D eigenvalue weighted by Crippen LogP contribution is -2.47. The molecule has 5 atom stereocenters. The van der Waals surface area contributed by atoms with Gasteiger partial charge in [-0.05, 0) is 26.2 Å². The number of alkyl carbamates (subject to hydrolysis) is 1. The predicted octanol–water partition coefficient (Wildman–Crippen LogP) is -0.0764. The molecule has 3 saturated heterocycles. The van der Waals surface area contributed by atoms with Gasteiger partial charge in [0, 0.05) is 19.8 Å². The van der Waals surface area contributed by atoms with Gasteiger partial charge >= 0.3 is 6.09 Å². The lowest BCUT2D eigenvalue weighted by atomic mass is 10.0. The molecular formula is C16H28N2O7. The van der Waals surface area contributed by atoms with E-state index in [1.165, 1.54) is 0 Å². The Morgan fingerprint density at radius 2 is 2.04 bits per heavy atom. The molecule has 0 aliphatic carbocycles. The van der Waals surface area contributed by atoms with E-state index in [4.69, 9.17) is 23.8 Å². The highest BCUT2D eigenvalue weighted by Gasteiger charge is 2.44. The molecule has 3 rings (SSSR count). The number of hydroxylamine groups is 1. The average Bonchev–Trinajstić information content (AvgIpc) is 3.21. The zero-order valence-electron chi connectivity index (χ0n) is 14.5. The lowest BCUT2D eigenvalue weighted by Gasteiger charge is -2.25. The first-order valence-corrected chi connectivity index (χ1v) is 8.98. The van der Waals surface area contributed by atoms with Crippen molar-refractivity contribution < 1.29 is 33.7 Å². The van der Waals surface area contributed by atoms with Crippen LogP contribution in [0, 0.1) is 5.92 Å². The molecule has 0 bridgehead atoms. The number of ether oxygens (including phenoxy) is 4. The van der Waals surface area contributed by atoms with Crippen molar-refractivity contribution in [2.75, 3.05) is 33.0 Å². The van der Waals surface area contributed by atoms with E-state index >= 15 is 0 Å². The van der Waals surface area contributed by atoms with Crippen molar-refractivity contribution in [1.82, 2.24) is 10.8 Å². The van der Waals surface area contributed by atoms with Crippen molar-refractivity contribution in [3.63, 3.8) is 0 Å². The molecule has 144 valence electrons. The van der Waals surface area contributed by atoms with Gasteiger partial charge in [-0.2, -0.15) is 5.48 Å². The van der Waals surface area contributed by atoms with Gasteiger partial charge in [0.1, 0.15) is 6.10 Å². The van der Waals surface area contributed by atoms with Gasteiger partial charge in [0.25, 0.3) is 0 Å². The highest BCUT2D eigenvalue weighted by molar-refractivity contribution is 5.67. The summed E-state index contributed by atoms with van der Waals surface area (Å²) in [7, 11) is 0. The van der Waals surface area contributed by atoms with E-state index in [9.17, 15) is 9.90 Å². The van der Waals surface area contributed by atoms with Gasteiger partial charge in [-0.1, -0.05) is 0 Å². The van der Waals surface area contributed by atoms with Crippen molar-refractivity contribution in [2.24, 2.45) is 5.92 Å². The maximum atomic E-state index is 12.0. The largest absolute Gasteiger partial charge is 0.443 e. The van der Waals surface area contributed by atoms with Crippen LogP contribution in [0.15, 0.2) is 0 Å². The Hall–Kier alpha value is -0.970. The minimum absolute atomic E-state index is 0.0955. The summed E-state index contributed by atoms with van der Waals surface area (Å²) in [4.78, 5) is 17.5. The molecule has 3 aliphatic heterocycles. The summed E-state index contributed by atoms with van der Waals surface area (Å²) in [5.41, 5.74) is 2.78. The number of aliphatic hydroxyl groups excluding tert-OH is 1. The highest BCUT2D eigenvalue weighted by Crippen LogP contribution is 2.32. The lowest BCUT2D eigenvalue weighted by molar-refractivity contribution is -0.0907. The van der Waals surface area contributed by atoms with E-state index in [0.29, 0.717) is 26.4 Å². The SMILES string of the molecule is C[C@H](NC(=O)O[C@H]1CO[C@H]2OCC[C@H]21)[C@H](O)CNOC1CCOCC1. The molecule has 25 heavy (non-hydrogen) atoms. The second kappa shape index (κ2) is 9.11. The number of amides is 1. The number of hydrogen-bond donors (Lipinski definition) is 3. The van der Waals surface area contributed by atoms with Crippen molar-refractivity contribution in [1.29, 1.82) is 0 Å². The van der Waals surface area contributed by atoms with Crippen LogP contribution in [-0.4, -0.2) is 74.8 Å². The molecule has 9 heteroatoms. The monoisotopic (exact) mass is 360 g/mol. The molecule has 3 N–H and O–H groups in total. The molecule has 0 unspecified atom stereocenters. The fraction of sp³-hybridized carbons (Fsp3) is 0.938. The van der Waals surface area contributed by atoms with Crippen LogP contribution >= 0.6 is 0 Å². The van der Waals surface area contributed by atoms with Gasteiger partial charge in [0.05, 0.1) is 37.4 Å². The van der Waals surface area contributed by atoms with Gasteiger partial charge in [-0.25, -0.2) is 4.79 Å². The fourth-order valence-electron chi connectivity index (χ4n) is 3.22. The van der Waals surface area contributed by atoms with Crippen LogP contribution in [0.25, 0.3) is 0 Å². The molecule has 0 aromatic carbocycles. The van der Waals surface area contributed by atoms with Crippen LogP contribution < -0.4 is 10.8 Å².